The third-order valence-corrected chi connectivity index (χ3v) is 4.47. The van der Waals surface area contributed by atoms with Gasteiger partial charge in [-0.2, -0.15) is 0 Å². The van der Waals surface area contributed by atoms with Crippen LogP contribution in [0.25, 0.3) is 0 Å². The molecule has 28 heavy (non-hydrogen) atoms. The molecule has 0 bridgehead atoms. The van der Waals surface area contributed by atoms with Gasteiger partial charge in [-0.15, -0.1) is 10.2 Å². The van der Waals surface area contributed by atoms with Gasteiger partial charge in [0.05, 0.1) is 5.75 Å². The van der Waals surface area contributed by atoms with E-state index in [2.05, 4.69) is 15.5 Å². The van der Waals surface area contributed by atoms with Crippen molar-refractivity contribution in [2.24, 2.45) is 5.73 Å². The highest BCUT2D eigenvalue weighted by molar-refractivity contribution is 7.99. The zero-order valence-electron chi connectivity index (χ0n) is 14.4. The molecule has 2 aromatic carbocycles. The maximum absolute atomic E-state index is 12.0. The first-order valence-corrected chi connectivity index (χ1v) is 9.39. The Balaban J connectivity index is 1.45. The van der Waals surface area contributed by atoms with Crippen molar-refractivity contribution in [1.82, 2.24) is 10.2 Å². The standard InChI is InChI=1S/C18H15ClN4O4S/c19-12-3-7-14(8-4-12)26-9-16-22-23-18(27-16)28-10-15(24)21-13-5-1-11(2-6-13)17(20)25/h1-8H,9-10H2,(H2,20,25)(H,21,24). The number of primary amides is 1. The van der Waals surface area contributed by atoms with E-state index in [4.69, 9.17) is 26.5 Å². The Bertz CT molecular complexity index is 960. The SMILES string of the molecule is NC(=O)c1ccc(NC(=O)CSc2nnc(COc3ccc(Cl)cc3)o2)cc1. The second-order valence-electron chi connectivity index (χ2n) is 5.48. The highest BCUT2D eigenvalue weighted by atomic mass is 35.5. The maximum atomic E-state index is 12.0. The number of thioether (sulfide) groups is 1. The molecule has 0 atom stereocenters. The number of rotatable bonds is 8. The van der Waals surface area contributed by atoms with Gasteiger partial charge in [-0.3, -0.25) is 9.59 Å². The molecule has 2 amide bonds. The van der Waals surface area contributed by atoms with E-state index in [0.717, 1.165) is 11.8 Å². The molecule has 0 spiro atoms. The lowest BCUT2D eigenvalue weighted by molar-refractivity contribution is -0.113. The Labute approximate surface area is 169 Å². The molecule has 0 radical (unpaired) electrons. The van der Waals surface area contributed by atoms with Gasteiger partial charge in [0.1, 0.15) is 5.75 Å². The van der Waals surface area contributed by atoms with Gasteiger partial charge in [0.25, 0.3) is 11.1 Å². The Morgan fingerprint density at radius 2 is 1.82 bits per heavy atom. The summed E-state index contributed by atoms with van der Waals surface area (Å²) in [4.78, 5) is 23.0. The van der Waals surface area contributed by atoms with Crippen LogP contribution in [-0.2, 0) is 11.4 Å². The second-order valence-corrected chi connectivity index (χ2v) is 6.85. The highest BCUT2D eigenvalue weighted by Crippen LogP contribution is 2.19. The molecular weight excluding hydrogens is 404 g/mol. The largest absolute Gasteiger partial charge is 0.484 e. The van der Waals surface area contributed by atoms with Crippen molar-refractivity contribution < 1.29 is 18.7 Å². The van der Waals surface area contributed by atoms with Crippen molar-refractivity contribution >= 4 is 40.9 Å². The summed E-state index contributed by atoms with van der Waals surface area (Å²) in [5, 5.41) is 11.3. The molecule has 144 valence electrons. The number of aromatic nitrogens is 2. The smallest absolute Gasteiger partial charge is 0.277 e. The van der Waals surface area contributed by atoms with Crippen molar-refractivity contribution in [3.05, 3.63) is 65.0 Å². The number of nitrogens with zero attached hydrogens (tertiary/aromatic N) is 2. The van der Waals surface area contributed by atoms with Gasteiger partial charge in [-0.1, -0.05) is 23.4 Å². The predicted molar refractivity (Wildman–Crippen MR) is 104 cm³/mol. The number of carbonyl (C=O) groups excluding carboxylic acids is 2. The Hall–Kier alpha value is -3.04. The fourth-order valence-corrected chi connectivity index (χ4v) is 2.78. The molecule has 0 saturated heterocycles. The van der Waals surface area contributed by atoms with E-state index >= 15 is 0 Å². The summed E-state index contributed by atoms with van der Waals surface area (Å²) in [5.41, 5.74) is 6.09. The van der Waals surface area contributed by atoms with E-state index in [-0.39, 0.29) is 23.5 Å². The van der Waals surface area contributed by atoms with Crippen molar-refractivity contribution in [3.8, 4) is 5.75 Å². The molecule has 0 fully saturated rings. The molecule has 3 aromatic rings. The summed E-state index contributed by atoms with van der Waals surface area (Å²) in [6.07, 6.45) is 0. The molecule has 1 aromatic heterocycles. The minimum absolute atomic E-state index is 0.0806. The van der Waals surface area contributed by atoms with Crippen molar-refractivity contribution in [2.75, 3.05) is 11.1 Å². The van der Waals surface area contributed by atoms with E-state index in [1.54, 1.807) is 36.4 Å². The molecular formula is C18H15ClN4O4S. The van der Waals surface area contributed by atoms with Crippen LogP contribution < -0.4 is 15.8 Å². The average molecular weight is 419 g/mol. The molecule has 0 aliphatic rings. The van der Waals surface area contributed by atoms with E-state index in [0.29, 0.717) is 27.9 Å². The number of benzene rings is 2. The molecule has 1 heterocycles. The third-order valence-electron chi connectivity index (χ3n) is 3.40. The summed E-state index contributed by atoms with van der Waals surface area (Å²) in [7, 11) is 0. The summed E-state index contributed by atoms with van der Waals surface area (Å²) in [5.74, 6) is 0.213. The van der Waals surface area contributed by atoms with Crippen LogP contribution in [0.4, 0.5) is 5.69 Å². The number of nitrogens with two attached hydrogens (primary N) is 1. The van der Waals surface area contributed by atoms with E-state index < -0.39 is 5.91 Å². The second kappa shape index (κ2) is 9.25. The topological polar surface area (TPSA) is 120 Å². The number of carbonyl (C=O) groups is 2. The summed E-state index contributed by atoms with van der Waals surface area (Å²) >= 11 is 6.91. The fourth-order valence-electron chi connectivity index (χ4n) is 2.07. The van der Waals surface area contributed by atoms with Crippen molar-refractivity contribution in [1.29, 1.82) is 0 Å². The summed E-state index contributed by atoms with van der Waals surface area (Å²) in [6.45, 7) is 0.105. The number of halogens is 1. The maximum Gasteiger partial charge on any atom is 0.277 e. The van der Waals surface area contributed by atoms with Crippen LogP contribution in [0.2, 0.25) is 5.02 Å². The van der Waals surface area contributed by atoms with Gasteiger partial charge in [0.15, 0.2) is 6.61 Å². The molecule has 0 aliphatic carbocycles. The number of amides is 2. The lowest BCUT2D eigenvalue weighted by Gasteiger charge is -2.04. The molecule has 0 aliphatic heterocycles. The number of hydrogen-bond acceptors (Lipinski definition) is 7. The quantitative estimate of drug-likeness (QED) is 0.539. The van der Waals surface area contributed by atoms with Crippen LogP contribution in [0.5, 0.6) is 5.75 Å². The minimum Gasteiger partial charge on any atom is -0.484 e. The lowest BCUT2D eigenvalue weighted by atomic mass is 10.2. The first-order valence-electron chi connectivity index (χ1n) is 8.03. The zero-order valence-corrected chi connectivity index (χ0v) is 16.0. The number of nitrogens with one attached hydrogen (secondary N) is 1. The number of anilines is 1. The first kappa shape index (κ1) is 19.7. The van der Waals surface area contributed by atoms with E-state index in [1.165, 1.54) is 12.1 Å². The number of hydrogen-bond donors (Lipinski definition) is 2. The lowest BCUT2D eigenvalue weighted by Crippen LogP contribution is -2.15. The Morgan fingerprint density at radius 1 is 1.11 bits per heavy atom. The molecule has 3 rings (SSSR count). The Morgan fingerprint density at radius 3 is 2.50 bits per heavy atom. The van der Waals surface area contributed by atoms with Crippen LogP contribution in [0.3, 0.4) is 0 Å². The van der Waals surface area contributed by atoms with Gasteiger partial charge >= 0.3 is 0 Å². The van der Waals surface area contributed by atoms with E-state index in [1.807, 2.05) is 0 Å². The number of ether oxygens (including phenoxy) is 1. The predicted octanol–water partition coefficient (Wildman–Crippen LogP) is 3.13. The van der Waals surface area contributed by atoms with Crippen LogP contribution >= 0.6 is 23.4 Å². The first-order chi connectivity index (χ1) is 13.5. The van der Waals surface area contributed by atoms with Gasteiger partial charge in [-0.25, -0.2) is 0 Å². The highest BCUT2D eigenvalue weighted by Gasteiger charge is 2.11. The van der Waals surface area contributed by atoms with Crippen LogP contribution in [-0.4, -0.2) is 27.8 Å². The van der Waals surface area contributed by atoms with E-state index in [9.17, 15) is 9.59 Å². The van der Waals surface area contributed by atoms with Gasteiger partial charge in [-0.05, 0) is 48.5 Å². The molecule has 3 N–H and O–H groups in total. The van der Waals surface area contributed by atoms with Crippen molar-refractivity contribution in [3.63, 3.8) is 0 Å². The van der Waals surface area contributed by atoms with Crippen LogP contribution in [0.1, 0.15) is 16.2 Å². The van der Waals surface area contributed by atoms with Crippen molar-refractivity contribution in [2.45, 2.75) is 11.8 Å². The monoisotopic (exact) mass is 418 g/mol. The normalized spacial score (nSPS) is 10.5. The average Bonchev–Trinajstić information content (AvgIpc) is 3.14. The van der Waals surface area contributed by atoms with Crippen LogP contribution in [0, 0.1) is 0 Å². The molecule has 10 heteroatoms. The molecule has 0 saturated carbocycles. The minimum atomic E-state index is -0.527. The molecule has 0 unspecified atom stereocenters. The third kappa shape index (κ3) is 5.73. The summed E-state index contributed by atoms with van der Waals surface area (Å²) < 4.78 is 10.9. The van der Waals surface area contributed by atoms with Gasteiger partial charge < -0.3 is 20.2 Å². The fraction of sp³-hybridized carbons (Fsp3) is 0.111. The van der Waals surface area contributed by atoms with Gasteiger partial charge in [0.2, 0.25) is 11.8 Å². The van der Waals surface area contributed by atoms with Gasteiger partial charge in [0, 0.05) is 16.3 Å². The summed E-state index contributed by atoms with van der Waals surface area (Å²) in [6, 6.07) is 13.2. The van der Waals surface area contributed by atoms with Crippen LogP contribution in [0.15, 0.2) is 58.2 Å². The molecule has 8 nitrogen and oxygen atoms in total. The Kier molecular flexibility index (Phi) is 6.51. The zero-order chi connectivity index (χ0) is 19.9.